The van der Waals surface area contributed by atoms with E-state index >= 15 is 0 Å². The normalized spacial score (nSPS) is 12.3. The van der Waals surface area contributed by atoms with Crippen LogP contribution in [0.25, 0.3) is 10.9 Å². The SMILES string of the molecule is C=CCNC(=O)C(C)Sc1nc2cc(Cl)ccc2c(=O)n1CCCOC(C)C. The molecule has 1 aromatic carbocycles. The monoisotopic (exact) mass is 423 g/mol. The molecule has 6 nitrogen and oxygen atoms in total. The van der Waals surface area contributed by atoms with Crippen LogP contribution in [0.15, 0.2) is 40.8 Å². The van der Waals surface area contributed by atoms with E-state index in [1.807, 2.05) is 13.8 Å². The number of thioether (sulfide) groups is 1. The minimum atomic E-state index is -0.415. The van der Waals surface area contributed by atoms with Gasteiger partial charge >= 0.3 is 0 Å². The first-order valence-electron chi connectivity index (χ1n) is 9.20. The van der Waals surface area contributed by atoms with Crippen molar-refractivity contribution in [1.82, 2.24) is 14.9 Å². The van der Waals surface area contributed by atoms with Crippen LogP contribution in [0.4, 0.5) is 0 Å². The van der Waals surface area contributed by atoms with Gasteiger partial charge in [-0.05, 0) is 45.4 Å². The van der Waals surface area contributed by atoms with E-state index in [4.69, 9.17) is 16.3 Å². The number of carbonyl (C=O) groups excluding carboxylic acids is 1. The second-order valence-electron chi connectivity index (χ2n) is 6.58. The largest absolute Gasteiger partial charge is 0.379 e. The minimum Gasteiger partial charge on any atom is -0.379 e. The van der Waals surface area contributed by atoms with Gasteiger partial charge in [0.15, 0.2) is 5.16 Å². The van der Waals surface area contributed by atoms with Crippen LogP contribution in [-0.2, 0) is 16.1 Å². The first-order valence-corrected chi connectivity index (χ1v) is 10.5. The minimum absolute atomic E-state index is 0.135. The smallest absolute Gasteiger partial charge is 0.262 e. The summed E-state index contributed by atoms with van der Waals surface area (Å²) in [6.07, 6.45) is 2.43. The average molecular weight is 424 g/mol. The summed E-state index contributed by atoms with van der Waals surface area (Å²) in [5, 5.41) is 3.85. The molecule has 1 N–H and O–H groups in total. The summed E-state index contributed by atoms with van der Waals surface area (Å²) in [5.74, 6) is -0.139. The molecule has 0 radical (unpaired) electrons. The van der Waals surface area contributed by atoms with Crippen molar-refractivity contribution >= 4 is 40.2 Å². The molecule has 1 aromatic heterocycles. The average Bonchev–Trinajstić information content (AvgIpc) is 2.64. The molecule has 0 aliphatic heterocycles. The molecule has 0 saturated heterocycles. The molecule has 0 fully saturated rings. The Labute approximate surface area is 174 Å². The fraction of sp³-hybridized carbons (Fsp3) is 0.450. The van der Waals surface area contributed by atoms with Crippen LogP contribution >= 0.6 is 23.4 Å². The quantitative estimate of drug-likeness (QED) is 0.273. The van der Waals surface area contributed by atoms with Crippen LogP contribution in [0.1, 0.15) is 27.2 Å². The van der Waals surface area contributed by atoms with E-state index in [0.29, 0.717) is 47.2 Å². The lowest BCUT2D eigenvalue weighted by molar-refractivity contribution is -0.120. The van der Waals surface area contributed by atoms with Crippen molar-refractivity contribution in [2.24, 2.45) is 0 Å². The second-order valence-corrected chi connectivity index (χ2v) is 8.32. The number of carbonyl (C=O) groups is 1. The van der Waals surface area contributed by atoms with Gasteiger partial charge in [0.2, 0.25) is 5.91 Å². The molecule has 28 heavy (non-hydrogen) atoms. The third kappa shape index (κ3) is 6.09. The molecule has 0 saturated carbocycles. The molecule has 0 spiro atoms. The van der Waals surface area contributed by atoms with Gasteiger partial charge in [-0.2, -0.15) is 0 Å². The standard InChI is InChI=1S/C20H26ClN3O3S/c1-5-9-22-18(25)14(4)28-20-23-17-12-15(21)7-8-16(17)19(26)24(20)10-6-11-27-13(2)3/h5,7-8,12-14H,1,6,9-11H2,2-4H3,(H,22,25). The van der Waals surface area contributed by atoms with Gasteiger partial charge in [0.05, 0.1) is 22.3 Å². The maximum Gasteiger partial charge on any atom is 0.262 e. The van der Waals surface area contributed by atoms with E-state index in [-0.39, 0.29) is 17.6 Å². The van der Waals surface area contributed by atoms with E-state index in [1.165, 1.54) is 11.8 Å². The van der Waals surface area contributed by atoms with Crippen molar-refractivity contribution in [3.63, 3.8) is 0 Å². The highest BCUT2D eigenvalue weighted by Gasteiger charge is 2.19. The molecule has 1 amide bonds. The van der Waals surface area contributed by atoms with Gasteiger partial charge < -0.3 is 10.1 Å². The number of amides is 1. The molecular formula is C20H26ClN3O3S. The van der Waals surface area contributed by atoms with Gasteiger partial charge in [0.25, 0.3) is 5.56 Å². The number of halogens is 1. The summed E-state index contributed by atoms with van der Waals surface area (Å²) >= 11 is 7.31. The third-order valence-corrected chi connectivity index (χ3v) is 5.26. The van der Waals surface area contributed by atoms with Crippen molar-refractivity contribution in [1.29, 1.82) is 0 Å². The molecule has 0 bridgehead atoms. The Morgan fingerprint density at radius 3 is 2.86 bits per heavy atom. The molecular weight excluding hydrogens is 398 g/mol. The fourth-order valence-corrected chi connectivity index (χ4v) is 3.66. The van der Waals surface area contributed by atoms with Gasteiger partial charge in [-0.3, -0.25) is 14.2 Å². The zero-order chi connectivity index (χ0) is 20.7. The second kappa shape index (κ2) is 10.6. The summed E-state index contributed by atoms with van der Waals surface area (Å²) < 4.78 is 7.19. The zero-order valence-electron chi connectivity index (χ0n) is 16.4. The van der Waals surface area contributed by atoms with Crippen molar-refractivity contribution in [3.05, 3.63) is 46.2 Å². The number of ether oxygens (including phenoxy) is 1. The summed E-state index contributed by atoms with van der Waals surface area (Å²) in [4.78, 5) is 29.9. The van der Waals surface area contributed by atoms with Crippen LogP contribution in [0.3, 0.4) is 0 Å². The maximum atomic E-state index is 13.0. The number of nitrogens with zero attached hydrogens (tertiary/aromatic N) is 2. The Kier molecular flexibility index (Phi) is 8.54. The Morgan fingerprint density at radius 1 is 1.43 bits per heavy atom. The Morgan fingerprint density at radius 2 is 2.18 bits per heavy atom. The lowest BCUT2D eigenvalue weighted by Crippen LogP contribution is -2.32. The lowest BCUT2D eigenvalue weighted by Gasteiger charge is -2.16. The number of aromatic nitrogens is 2. The topological polar surface area (TPSA) is 73.2 Å². The first kappa shape index (κ1) is 22.5. The van der Waals surface area contributed by atoms with Gasteiger partial charge in [0.1, 0.15) is 0 Å². The van der Waals surface area contributed by atoms with Crippen LogP contribution in [-0.4, -0.2) is 40.0 Å². The summed E-state index contributed by atoms with van der Waals surface area (Å²) in [7, 11) is 0. The van der Waals surface area contributed by atoms with Crippen molar-refractivity contribution in [3.8, 4) is 0 Å². The predicted molar refractivity (Wildman–Crippen MR) is 115 cm³/mol. The van der Waals surface area contributed by atoms with Crippen LogP contribution in [0.2, 0.25) is 5.02 Å². The highest BCUT2D eigenvalue weighted by Crippen LogP contribution is 2.24. The van der Waals surface area contributed by atoms with Gasteiger partial charge in [-0.1, -0.05) is 29.4 Å². The number of hydrogen-bond acceptors (Lipinski definition) is 5. The maximum absolute atomic E-state index is 13.0. The van der Waals surface area contributed by atoms with E-state index in [0.717, 1.165) is 0 Å². The van der Waals surface area contributed by atoms with Crippen molar-refractivity contribution in [2.45, 2.75) is 50.2 Å². The van der Waals surface area contributed by atoms with Crippen molar-refractivity contribution < 1.29 is 9.53 Å². The summed E-state index contributed by atoms with van der Waals surface area (Å²) in [5.41, 5.74) is 0.376. The van der Waals surface area contributed by atoms with Crippen molar-refractivity contribution in [2.75, 3.05) is 13.2 Å². The number of benzene rings is 1. The van der Waals surface area contributed by atoms with E-state index in [9.17, 15) is 9.59 Å². The number of fused-ring (bicyclic) bond motifs is 1. The first-order chi connectivity index (χ1) is 13.3. The Hall–Kier alpha value is -1.83. The van der Waals surface area contributed by atoms with Gasteiger partial charge in [0, 0.05) is 24.7 Å². The van der Waals surface area contributed by atoms with Gasteiger partial charge in [-0.15, -0.1) is 6.58 Å². The van der Waals surface area contributed by atoms with E-state index < -0.39 is 5.25 Å². The van der Waals surface area contributed by atoms with E-state index in [1.54, 1.807) is 35.8 Å². The highest BCUT2D eigenvalue weighted by molar-refractivity contribution is 8.00. The van der Waals surface area contributed by atoms with Crippen LogP contribution in [0.5, 0.6) is 0 Å². The van der Waals surface area contributed by atoms with E-state index in [2.05, 4.69) is 16.9 Å². The molecule has 152 valence electrons. The number of hydrogen-bond donors (Lipinski definition) is 1. The summed E-state index contributed by atoms with van der Waals surface area (Å²) in [6, 6.07) is 5.02. The van der Waals surface area contributed by atoms with Gasteiger partial charge in [-0.25, -0.2) is 4.98 Å². The summed E-state index contributed by atoms with van der Waals surface area (Å²) in [6.45, 7) is 10.7. The molecule has 8 heteroatoms. The molecule has 1 heterocycles. The molecule has 0 aliphatic rings. The lowest BCUT2D eigenvalue weighted by atomic mass is 10.2. The zero-order valence-corrected chi connectivity index (χ0v) is 18.0. The molecule has 1 atom stereocenters. The number of nitrogens with one attached hydrogen (secondary N) is 1. The molecule has 2 rings (SSSR count). The molecule has 0 aliphatic carbocycles. The molecule has 1 unspecified atom stereocenters. The fourth-order valence-electron chi connectivity index (χ4n) is 2.53. The third-order valence-electron chi connectivity index (χ3n) is 3.93. The predicted octanol–water partition coefficient (Wildman–Crippen LogP) is 3.65. The van der Waals surface area contributed by atoms with Crippen LogP contribution < -0.4 is 10.9 Å². The van der Waals surface area contributed by atoms with Crippen LogP contribution in [0, 0.1) is 0 Å². The molecule has 2 aromatic rings. The number of rotatable bonds is 10. The Bertz CT molecular complexity index is 898. The highest BCUT2D eigenvalue weighted by atomic mass is 35.5. The Balaban J connectivity index is 2.33.